The zero-order chi connectivity index (χ0) is 10.7. The van der Waals surface area contributed by atoms with Crippen LogP contribution in [0.2, 0.25) is 0 Å². The van der Waals surface area contributed by atoms with E-state index < -0.39 is 0 Å². The molecule has 2 rings (SSSR count). The number of rotatable bonds is 2. The quantitative estimate of drug-likeness (QED) is 0.807. The van der Waals surface area contributed by atoms with E-state index in [1.165, 1.54) is 0 Å². The fourth-order valence-corrected chi connectivity index (χ4v) is 1.31. The minimum absolute atomic E-state index is 0.165. The van der Waals surface area contributed by atoms with Crippen molar-refractivity contribution in [3.8, 4) is 22.9 Å². The van der Waals surface area contributed by atoms with Gasteiger partial charge in [-0.05, 0) is 24.3 Å². The van der Waals surface area contributed by atoms with Crippen molar-refractivity contribution in [2.45, 2.75) is 0 Å². The predicted molar refractivity (Wildman–Crippen MR) is 55.7 cm³/mol. The van der Waals surface area contributed by atoms with Crippen LogP contribution in [0.15, 0.2) is 36.7 Å². The smallest absolute Gasteiger partial charge is 0.163 e. The molecule has 0 aliphatic heterocycles. The van der Waals surface area contributed by atoms with Gasteiger partial charge in [0.15, 0.2) is 5.82 Å². The van der Waals surface area contributed by atoms with Gasteiger partial charge in [0.1, 0.15) is 11.5 Å². The lowest BCUT2D eigenvalue weighted by Crippen LogP contribution is -1.91. The second-order valence-corrected chi connectivity index (χ2v) is 2.96. The van der Waals surface area contributed by atoms with Crippen molar-refractivity contribution in [3.05, 3.63) is 36.7 Å². The van der Waals surface area contributed by atoms with E-state index in [4.69, 9.17) is 4.74 Å². The molecule has 4 nitrogen and oxygen atoms in total. The van der Waals surface area contributed by atoms with Crippen LogP contribution in [-0.2, 0) is 0 Å². The number of hydrogen-bond acceptors (Lipinski definition) is 4. The van der Waals surface area contributed by atoms with E-state index in [9.17, 15) is 5.11 Å². The molecule has 1 aromatic carbocycles. The standard InChI is InChI=1S/C11H10N2O2/c1-15-10-4-3-8(14)7-9(10)11-12-5-2-6-13-11/h2-7,14H,1H3. The Balaban J connectivity index is 2.56. The van der Waals surface area contributed by atoms with Gasteiger partial charge in [-0.3, -0.25) is 0 Å². The molecule has 0 spiro atoms. The minimum atomic E-state index is 0.165. The third kappa shape index (κ3) is 1.88. The fourth-order valence-electron chi connectivity index (χ4n) is 1.31. The number of aromatic hydroxyl groups is 1. The van der Waals surface area contributed by atoms with Gasteiger partial charge < -0.3 is 9.84 Å². The van der Waals surface area contributed by atoms with Crippen LogP contribution < -0.4 is 4.74 Å². The summed E-state index contributed by atoms with van der Waals surface area (Å²) in [6, 6.07) is 6.55. The zero-order valence-corrected chi connectivity index (χ0v) is 8.21. The van der Waals surface area contributed by atoms with Crippen LogP contribution in [0.25, 0.3) is 11.4 Å². The first-order chi connectivity index (χ1) is 7.31. The van der Waals surface area contributed by atoms with Gasteiger partial charge in [0.2, 0.25) is 0 Å². The Kier molecular flexibility index (Phi) is 2.49. The van der Waals surface area contributed by atoms with Crippen molar-refractivity contribution >= 4 is 0 Å². The van der Waals surface area contributed by atoms with Gasteiger partial charge in [0.05, 0.1) is 12.7 Å². The fraction of sp³-hybridized carbons (Fsp3) is 0.0909. The lowest BCUT2D eigenvalue weighted by molar-refractivity contribution is 0.413. The highest BCUT2D eigenvalue weighted by Gasteiger charge is 2.08. The third-order valence-electron chi connectivity index (χ3n) is 1.99. The molecule has 1 heterocycles. The van der Waals surface area contributed by atoms with Crippen LogP contribution >= 0.6 is 0 Å². The van der Waals surface area contributed by atoms with E-state index >= 15 is 0 Å². The maximum absolute atomic E-state index is 9.38. The Morgan fingerprint density at radius 2 is 1.93 bits per heavy atom. The van der Waals surface area contributed by atoms with Gasteiger partial charge in [0, 0.05) is 12.4 Å². The first-order valence-corrected chi connectivity index (χ1v) is 4.45. The Morgan fingerprint density at radius 3 is 2.60 bits per heavy atom. The number of methoxy groups -OCH3 is 1. The summed E-state index contributed by atoms with van der Waals surface area (Å²) in [5.74, 6) is 1.34. The number of hydrogen-bond donors (Lipinski definition) is 1. The van der Waals surface area contributed by atoms with Crippen LogP contribution in [-0.4, -0.2) is 22.2 Å². The highest BCUT2D eigenvalue weighted by molar-refractivity contribution is 5.65. The maximum atomic E-state index is 9.38. The average Bonchev–Trinajstić information content (AvgIpc) is 2.30. The van der Waals surface area contributed by atoms with Gasteiger partial charge in [-0.25, -0.2) is 9.97 Å². The van der Waals surface area contributed by atoms with E-state index in [-0.39, 0.29) is 5.75 Å². The summed E-state index contributed by atoms with van der Waals surface area (Å²) in [6.07, 6.45) is 3.29. The first kappa shape index (κ1) is 9.45. The largest absolute Gasteiger partial charge is 0.508 e. The molecule has 4 heteroatoms. The summed E-state index contributed by atoms with van der Waals surface area (Å²) in [6.45, 7) is 0. The highest BCUT2D eigenvalue weighted by atomic mass is 16.5. The molecule has 0 amide bonds. The summed E-state index contributed by atoms with van der Waals surface area (Å²) in [7, 11) is 1.57. The van der Waals surface area contributed by atoms with Crippen molar-refractivity contribution < 1.29 is 9.84 Å². The van der Waals surface area contributed by atoms with E-state index in [1.54, 1.807) is 43.8 Å². The summed E-state index contributed by atoms with van der Waals surface area (Å²) in [5, 5.41) is 9.38. The number of benzene rings is 1. The molecule has 2 aromatic rings. The van der Waals surface area contributed by atoms with Crippen LogP contribution in [0, 0.1) is 0 Å². The molecule has 15 heavy (non-hydrogen) atoms. The van der Waals surface area contributed by atoms with E-state index in [2.05, 4.69) is 9.97 Å². The van der Waals surface area contributed by atoms with Crippen molar-refractivity contribution in [2.24, 2.45) is 0 Å². The first-order valence-electron chi connectivity index (χ1n) is 4.45. The Hall–Kier alpha value is -2.10. The number of aromatic nitrogens is 2. The molecule has 0 aliphatic rings. The van der Waals surface area contributed by atoms with E-state index in [0.29, 0.717) is 17.1 Å². The second-order valence-electron chi connectivity index (χ2n) is 2.96. The SMILES string of the molecule is COc1ccc(O)cc1-c1ncccn1. The normalized spacial score (nSPS) is 9.93. The summed E-state index contributed by atoms with van der Waals surface area (Å²) >= 11 is 0. The molecule has 0 atom stereocenters. The lowest BCUT2D eigenvalue weighted by Gasteiger charge is -2.06. The number of phenolic OH excluding ortho intramolecular Hbond substituents is 1. The molecular weight excluding hydrogens is 192 g/mol. The molecule has 0 saturated carbocycles. The Morgan fingerprint density at radius 1 is 1.20 bits per heavy atom. The Labute approximate surface area is 87.2 Å². The van der Waals surface area contributed by atoms with E-state index in [1.807, 2.05) is 0 Å². The number of nitrogens with zero attached hydrogens (tertiary/aromatic N) is 2. The molecule has 0 unspecified atom stereocenters. The van der Waals surface area contributed by atoms with Gasteiger partial charge in [-0.15, -0.1) is 0 Å². The predicted octanol–water partition coefficient (Wildman–Crippen LogP) is 1.86. The van der Waals surface area contributed by atoms with Crippen LogP contribution in [0.4, 0.5) is 0 Å². The molecule has 0 aliphatic carbocycles. The zero-order valence-electron chi connectivity index (χ0n) is 8.21. The summed E-state index contributed by atoms with van der Waals surface area (Å²) in [4.78, 5) is 8.19. The highest BCUT2D eigenvalue weighted by Crippen LogP contribution is 2.30. The second kappa shape index (κ2) is 3.96. The molecule has 1 aromatic heterocycles. The number of ether oxygens (including phenoxy) is 1. The lowest BCUT2D eigenvalue weighted by atomic mass is 10.1. The Bertz CT molecular complexity index is 457. The van der Waals surface area contributed by atoms with Crippen molar-refractivity contribution in [1.29, 1.82) is 0 Å². The molecule has 1 N–H and O–H groups in total. The van der Waals surface area contributed by atoms with Crippen molar-refractivity contribution in [3.63, 3.8) is 0 Å². The van der Waals surface area contributed by atoms with Gasteiger partial charge in [-0.1, -0.05) is 0 Å². The average molecular weight is 202 g/mol. The molecule has 0 bridgehead atoms. The van der Waals surface area contributed by atoms with Crippen LogP contribution in [0.3, 0.4) is 0 Å². The van der Waals surface area contributed by atoms with Gasteiger partial charge in [0.25, 0.3) is 0 Å². The monoisotopic (exact) mass is 202 g/mol. The summed E-state index contributed by atoms with van der Waals surface area (Å²) < 4.78 is 5.16. The molecule has 0 radical (unpaired) electrons. The summed E-state index contributed by atoms with van der Waals surface area (Å²) in [5.41, 5.74) is 0.679. The maximum Gasteiger partial charge on any atom is 0.163 e. The van der Waals surface area contributed by atoms with Crippen LogP contribution in [0.1, 0.15) is 0 Å². The third-order valence-corrected chi connectivity index (χ3v) is 1.99. The molecule has 0 saturated heterocycles. The molecule has 0 fully saturated rings. The van der Waals surface area contributed by atoms with Gasteiger partial charge in [-0.2, -0.15) is 0 Å². The van der Waals surface area contributed by atoms with Gasteiger partial charge >= 0.3 is 0 Å². The topological polar surface area (TPSA) is 55.2 Å². The van der Waals surface area contributed by atoms with E-state index in [0.717, 1.165) is 0 Å². The van der Waals surface area contributed by atoms with Crippen molar-refractivity contribution in [2.75, 3.05) is 7.11 Å². The van der Waals surface area contributed by atoms with Crippen LogP contribution in [0.5, 0.6) is 11.5 Å². The molecular formula is C11H10N2O2. The van der Waals surface area contributed by atoms with Crippen molar-refractivity contribution in [1.82, 2.24) is 9.97 Å². The minimum Gasteiger partial charge on any atom is -0.508 e. The molecule has 76 valence electrons. The number of phenols is 1.